The quantitative estimate of drug-likeness (QED) is 0.194. The second-order valence-corrected chi connectivity index (χ2v) is 5.72. The SMILES string of the molecule is O=CCCCCCOP(=O)(O)OP(=O)(O)O.[H-].[Na+]. The summed E-state index contributed by atoms with van der Waals surface area (Å²) in [5, 5.41) is 0. The van der Waals surface area contributed by atoms with Crippen LogP contribution in [0.4, 0.5) is 0 Å². The Morgan fingerprint density at radius 1 is 1.12 bits per heavy atom. The van der Waals surface area contributed by atoms with Gasteiger partial charge in [-0.15, -0.1) is 0 Å². The summed E-state index contributed by atoms with van der Waals surface area (Å²) in [6.07, 6.45) is 2.78. The summed E-state index contributed by atoms with van der Waals surface area (Å²) < 4.78 is 29.0. The minimum Gasteiger partial charge on any atom is -1.00 e. The van der Waals surface area contributed by atoms with E-state index in [1.165, 1.54) is 0 Å². The molecular weight excluding hydrogens is 285 g/mol. The summed E-state index contributed by atoms with van der Waals surface area (Å²) in [6, 6.07) is 0. The number of phosphoric acid groups is 2. The molecule has 0 aromatic heterocycles. The minimum atomic E-state index is -5.04. The summed E-state index contributed by atoms with van der Waals surface area (Å²) in [5.74, 6) is 0. The van der Waals surface area contributed by atoms with Gasteiger partial charge in [0.15, 0.2) is 0 Å². The number of hydrogen-bond donors (Lipinski definition) is 3. The average Bonchev–Trinajstić information content (AvgIpc) is 2.06. The largest absolute Gasteiger partial charge is 1.00 e. The van der Waals surface area contributed by atoms with E-state index in [1.807, 2.05) is 0 Å². The van der Waals surface area contributed by atoms with Gasteiger partial charge in [-0.05, 0) is 12.8 Å². The third kappa shape index (κ3) is 14.9. The summed E-state index contributed by atoms with van der Waals surface area (Å²) in [6.45, 7) is -0.174. The van der Waals surface area contributed by atoms with E-state index in [9.17, 15) is 13.9 Å². The first-order valence-electron chi connectivity index (χ1n) is 4.45. The molecule has 0 aliphatic heterocycles. The van der Waals surface area contributed by atoms with Crippen LogP contribution in [-0.2, 0) is 22.8 Å². The average molecular weight is 300 g/mol. The topological polar surface area (TPSA) is 130 Å². The van der Waals surface area contributed by atoms with Gasteiger partial charge in [0.05, 0.1) is 6.61 Å². The van der Waals surface area contributed by atoms with E-state index >= 15 is 0 Å². The summed E-state index contributed by atoms with van der Waals surface area (Å²) in [7, 11) is -9.74. The molecule has 11 heteroatoms. The van der Waals surface area contributed by atoms with Crippen molar-refractivity contribution in [2.24, 2.45) is 0 Å². The van der Waals surface area contributed by atoms with Crippen molar-refractivity contribution in [3.63, 3.8) is 0 Å². The fraction of sp³-hybridized carbons (Fsp3) is 0.833. The first-order valence-corrected chi connectivity index (χ1v) is 7.47. The van der Waals surface area contributed by atoms with Crippen LogP contribution in [0.15, 0.2) is 0 Å². The molecule has 0 amide bonds. The zero-order chi connectivity index (χ0) is 12.7. The van der Waals surface area contributed by atoms with E-state index in [2.05, 4.69) is 8.83 Å². The molecule has 3 N–H and O–H groups in total. The molecule has 0 bridgehead atoms. The zero-order valence-electron chi connectivity index (χ0n) is 10.4. The first kappa shape index (κ1) is 20.3. The Hall–Kier alpha value is 0.930. The van der Waals surface area contributed by atoms with Crippen LogP contribution in [0.1, 0.15) is 27.1 Å². The van der Waals surface area contributed by atoms with Gasteiger partial charge in [0.2, 0.25) is 0 Å². The predicted octanol–water partition coefficient (Wildman–Crippen LogP) is -1.91. The van der Waals surface area contributed by atoms with Gasteiger partial charge < -0.3 is 20.9 Å². The Morgan fingerprint density at radius 3 is 2.18 bits per heavy atom. The van der Waals surface area contributed by atoms with E-state index in [-0.39, 0.29) is 37.6 Å². The molecule has 0 aromatic rings. The van der Waals surface area contributed by atoms with E-state index in [0.29, 0.717) is 25.7 Å². The van der Waals surface area contributed by atoms with Crippen LogP contribution in [0.5, 0.6) is 0 Å². The van der Waals surface area contributed by atoms with Crippen molar-refractivity contribution in [1.82, 2.24) is 0 Å². The first-order chi connectivity index (χ1) is 7.27. The van der Waals surface area contributed by atoms with Gasteiger partial charge in [0.1, 0.15) is 6.29 Å². The molecule has 0 rings (SSSR count). The smallest absolute Gasteiger partial charge is 1.00 e. The normalized spacial score (nSPS) is 14.8. The second-order valence-electron chi connectivity index (χ2n) is 2.89. The standard InChI is InChI=1S/C6H14O8P2.Na.H/c7-5-3-1-2-4-6-13-16(11,12)14-15(8,9)10;;/h5H,1-4,6H2,(H,11,12)(H2,8,9,10);;/q;+1;-1. The van der Waals surface area contributed by atoms with Gasteiger partial charge in [0, 0.05) is 6.42 Å². The van der Waals surface area contributed by atoms with Crippen LogP contribution in [0.3, 0.4) is 0 Å². The molecule has 0 radical (unpaired) electrons. The van der Waals surface area contributed by atoms with Crippen molar-refractivity contribution >= 4 is 21.9 Å². The van der Waals surface area contributed by atoms with Crippen molar-refractivity contribution in [2.45, 2.75) is 25.7 Å². The monoisotopic (exact) mass is 300 g/mol. The second kappa shape index (κ2) is 9.81. The molecule has 8 nitrogen and oxygen atoms in total. The summed E-state index contributed by atoms with van der Waals surface area (Å²) >= 11 is 0. The Labute approximate surface area is 122 Å². The molecule has 0 aliphatic rings. The minimum absolute atomic E-state index is 0. The van der Waals surface area contributed by atoms with Gasteiger partial charge in [-0.2, -0.15) is 4.31 Å². The molecule has 0 fully saturated rings. The molecule has 1 atom stereocenters. The van der Waals surface area contributed by atoms with E-state index in [0.717, 1.165) is 6.29 Å². The molecule has 0 saturated carbocycles. The van der Waals surface area contributed by atoms with Gasteiger partial charge in [0.25, 0.3) is 0 Å². The number of aldehydes is 1. The van der Waals surface area contributed by atoms with Crippen LogP contribution in [-0.4, -0.2) is 27.6 Å². The molecule has 0 spiro atoms. The van der Waals surface area contributed by atoms with Crippen molar-refractivity contribution in [2.75, 3.05) is 6.61 Å². The Bertz CT molecular complexity index is 308. The van der Waals surface area contributed by atoms with Crippen LogP contribution in [0.25, 0.3) is 0 Å². The third-order valence-corrected chi connectivity index (χ3v) is 3.62. The van der Waals surface area contributed by atoms with Crippen LogP contribution in [0.2, 0.25) is 0 Å². The van der Waals surface area contributed by atoms with Crippen LogP contribution < -0.4 is 29.6 Å². The molecule has 0 aromatic carbocycles. The van der Waals surface area contributed by atoms with Gasteiger partial charge >= 0.3 is 45.2 Å². The summed E-state index contributed by atoms with van der Waals surface area (Å²) in [5.41, 5.74) is 0. The molecule has 0 heterocycles. The van der Waals surface area contributed by atoms with Crippen molar-refractivity contribution in [1.29, 1.82) is 0 Å². The fourth-order valence-electron chi connectivity index (χ4n) is 0.844. The third-order valence-electron chi connectivity index (χ3n) is 1.43. The van der Waals surface area contributed by atoms with Crippen molar-refractivity contribution in [3.05, 3.63) is 0 Å². The maximum absolute atomic E-state index is 10.9. The maximum atomic E-state index is 10.9. The number of carbonyl (C=O) groups is 1. The fourth-order valence-corrected chi connectivity index (χ4v) is 2.47. The van der Waals surface area contributed by atoms with E-state index < -0.39 is 15.6 Å². The molecule has 98 valence electrons. The van der Waals surface area contributed by atoms with Gasteiger partial charge in [-0.3, -0.25) is 4.52 Å². The number of phosphoric ester groups is 1. The van der Waals surface area contributed by atoms with Crippen LogP contribution in [0, 0.1) is 0 Å². The Kier molecular flexibility index (Phi) is 11.7. The van der Waals surface area contributed by atoms with Crippen molar-refractivity contribution in [3.8, 4) is 0 Å². The Morgan fingerprint density at radius 2 is 1.71 bits per heavy atom. The van der Waals surface area contributed by atoms with E-state index in [1.54, 1.807) is 0 Å². The maximum Gasteiger partial charge on any atom is 1.00 e. The molecular formula is C6H15NaO8P2. The number of unbranched alkanes of at least 4 members (excludes halogenated alkanes) is 3. The number of hydrogen-bond acceptors (Lipinski definition) is 5. The number of rotatable bonds is 9. The van der Waals surface area contributed by atoms with Crippen LogP contribution >= 0.6 is 15.6 Å². The molecule has 0 saturated heterocycles. The van der Waals surface area contributed by atoms with Crippen molar-refractivity contribution < 1.29 is 68.4 Å². The molecule has 0 aliphatic carbocycles. The summed E-state index contributed by atoms with van der Waals surface area (Å²) in [4.78, 5) is 35.3. The van der Waals surface area contributed by atoms with E-state index in [4.69, 9.17) is 14.7 Å². The number of carbonyl (C=O) groups excluding carboxylic acids is 1. The molecule has 1 unspecified atom stereocenters. The predicted molar refractivity (Wildman–Crippen MR) is 54.6 cm³/mol. The van der Waals surface area contributed by atoms with Gasteiger partial charge in [-0.25, -0.2) is 9.13 Å². The van der Waals surface area contributed by atoms with Gasteiger partial charge in [-0.1, -0.05) is 6.42 Å². The zero-order valence-corrected chi connectivity index (χ0v) is 13.2. The Balaban J connectivity index is -0.00000112. The molecule has 17 heavy (non-hydrogen) atoms.